The van der Waals surface area contributed by atoms with Gasteiger partial charge in [0.15, 0.2) is 0 Å². The van der Waals surface area contributed by atoms with Crippen molar-refractivity contribution in [3.05, 3.63) is 12.2 Å². The minimum Gasteiger partial charge on any atom is -0.466 e. The number of allylic oxidation sites excluding steroid dienone is 1. The van der Waals surface area contributed by atoms with Crippen LogP contribution in [0.15, 0.2) is 12.2 Å². The zero-order valence-corrected chi connectivity index (χ0v) is 23.7. The van der Waals surface area contributed by atoms with Gasteiger partial charge in [-0.25, -0.2) is 4.79 Å². The molecule has 2 N–H and O–H groups in total. The van der Waals surface area contributed by atoms with Crippen LogP contribution in [-0.2, 0) is 23.9 Å². The van der Waals surface area contributed by atoms with Crippen LogP contribution in [0.3, 0.4) is 0 Å². The largest absolute Gasteiger partial charge is 0.466 e. The topological polar surface area (TPSA) is 102 Å². The van der Waals surface area contributed by atoms with Gasteiger partial charge in [0.1, 0.15) is 6.04 Å². The smallest absolute Gasteiger partial charge is 0.329 e. The molecule has 0 spiro atoms. The molecule has 1 amide bonds. The molecule has 0 aromatic heterocycles. The number of aliphatic hydroxyl groups is 1. The van der Waals surface area contributed by atoms with E-state index in [1.165, 1.54) is 0 Å². The predicted molar refractivity (Wildman–Crippen MR) is 136 cm³/mol. The van der Waals surface area contributed by atoms with Crippen LogP contribution in [0.5, 0.6) is 0 Å². The number of amides is 1. The number of ether oxygens (including phenoxy) is 2. The van der Waals surface area contributed by atoms with Crippen molar-refractivity contribution >= 4 is 34.0 Å². The lowest BCUT2D eigenvalue weighted by Gasteiger charge is -2.31. The number of hydrogen-bond acceptors (Lipinski definition) is 6. The predicted octanol–water partition coefficient (Wildman–Crippen LogP) is 4.12. The van der Waals surface area contributed by atoms with Gasteiger partial charge in [0.25, 0.3) is 0 Å². The summed E-state index contributed by atoms with van der Waals surface area (Å²) in [5.74, 6) is -1.41. The van der Waals surface area contributed by atoms with E-state index in [9.17, 15) is 19.5 Å². The summed E-state index contributed by atoms with van der Waals surface area (Å²) in [7, 11) is -2.75. The monoisotopic (exact) mass is 499 g/mol. The molecule has 0 aliphatic heterocycles. The summed E-state index contributed by atoms with van der Waals surface area (Å²) in [6.45, 7) is 15.6. The second kappa shape index (κ2) is 12.9. The highest BCUT2D eigenvalue weighted by atomic mass is 28.3. The number of hydrogen-bond donors (Lipinski definition) is 2. The average molecular weight is 500 g/mol. The van der Waals surface area contributed by atoms with Crippen LogP contribution in [0.1, 0.15) is 39.0 Å². The molecule has 0 aromatic rings. The van der Waals surface area contributed by atoms with Crippen LogP contribution in [0, 0.1) is 5.41 Å². The molecule has 9 heteroatoms. The molecule has 1 aliphatic carbocycles. The first-order valence-electron chi connectivity index (χ1n) is 12.1. The van der Waals surface area contributed by atoms with Crippen molar-refractivity contribution in [2.24, 2.45) is 5.41 Å². The molecule has 0 saturated heterocycles. The Balaban J connectivity index is 2.84. The third-order valence-electron chi connectivity index (χ3n) is 5.93. The lowest BCUT2D eigenvalue weighted by atomic mass is 9.78. The number of nitrogens with one attached hydrogen (secondary N) is 1. The maximum absolute atomic E-state index is 13.2. The molecule has 0 bridgehead atoms. The number of esters is 2. The standard InChI is InChI=1S/C24H45NO6Si2/c1-24(12-9-8-10-19(26)11-13-24)23(29)25-20(22(28)31-15-17-33(5,6)7)18-21(27)30-14-16-32(2,3)4/h8,10,19-20,26H,9,11-18H2,1-7H3,(H,25,29)/b10-8+/t19-,20-,24+/m0/s1. The molecule has 1 rings (SSSR count). The molecular weight excluding hydrogens is 454 g/mol. The summed E-state index contributed by atoms with van der Waals surface area (Å²) >= 11 is 0. The van der Waals surface area contributed by atoms with Gasteiger partial charge in [-0.3, -0.25) is 9.59 Å². The van der Waals surface area contributed by atoms with Crippen molar-refractivity contribution in [1.82, 2.24) is 5.32 Å². The molecule has 3 atom stereocenters. The molecule has 190 valence electrons. The molecule has 0 radical (unpaired) electrons. The molecule has 0 unspecified atom stereocenters. The van der Waals surface area contributed by atoms with E-state index >= 15 is 0 Å². The Labute approximate surface area is 201 Å². The van der Waals surface area contributed by atoms with Crippen LogP contribution in [0.2, 0.25) is 51.4 Å². The first-order valence-corrected chi connectivity index (χ1v) is 19.5. The summed E-state index contributed by atoms with van der Waals surface area (Å²) in [5.41, 5.74) is -0.746. The minimum absolute atomic E-state index is 0.248. The van der Waals surface area contributed by atoms with Crippen molar-refractivity contribution in [2.75, 3.05) is 13.2 Å². The summed E-state index contributed by atoms with van der Waals surface area (Å²) in [6.07, 6.45) is 5.01. The van der Waals surface area contributed by atoms with Crippen LogP contribution >= 0.6 is 0 Å². The zero-order valence-electron chi connectivity index (χ0n) is 21.7. The number of rotatable bonds is 11. The van der Waals surface area contributed by atoms with Crippen molar-refractivity contribution in [3.8, 4) is 0 Å². The Bertz CT molecular complexity index is 698. The fraction of sp³-hybridized carbons (Fsp3) is 0.792. The Kier molecular flexibility index (Phi) is 11.5. The normalized spacial score (nSPS) is 23.6. The molecule has 0 aromatic carbocycles. The SMILES string of the molecule is C[C@@]1(C(=O)N[C@@H](CC(=O)OCC[Si](C)(C)C)C(=O)OCC[Si](C)(C)C)CC/C=C/[C@H](O)CC1. The lowest BCUT2D eigenvalue weighted by Crippen LogP contribution is -2.49. The molecule has 1 aliphatic rings. The van der Waals surface area contributed by atoms with E-state index < -0.39 is 45.6 Å². The van der Waals surface area contributed by atoms with Crippen molar-refractivity contribution < 1.29 is 29.0 Å². The average Bonchev–Trinajstić information content (AvgIpc) is 2.65. The highest BCUT2D eigenvalue weighted by molar-refractivity contribution is 6.76. The summed E-state index contributed by atoms with van der Waals surface area (Å²) < 4.78 is 10.8. The lowest BCUT2D eigenvalue weighted by molar-refractivity contribution is -0.154. The van der Waals surface area contributed by atoms with Gasteiger partial charge in [0.05, 0.1) is 25.7 Å². The highest BCUT2D eigenvalue weighted by Gasteiger charge is 2.37. The molecule has 0 saturated carbocycles. The fourth-order valence-corrected chi connectivity index (χ4v) is 4.78. The van der Waals surface area contributed by atoms with E-state index in [2.05, 4.69) is 44.6 Å². The molecular formula is C24H45NO6Si2. The van der Waals surface area contributed by atoms with Gasteiger partial charge in [0.2, 0.25) is 5.91 Å². The summed E-state index contributed by atoms with van der Waals surface area (Å²) in [5, 5.41) is 12.7. The minimum atomic E-state index is -1.40. The van der Waals surface area contributed by atoms with Crippen LogP contribution in [0.25, 0.3) is 0 Å². The number of aliphatic hydroxyl groups excluding tert-OH is 1. The maximum Gasteiger partial charge on any atom is 0.329 e. The Morgan fingerprint density at radius 1 is 1.03 bits per heavy atom. The maximum atomic E-state index is 13.2. The van der Waals surface area contributed by atoms with Gasteiger partial charge in [-0.2, -0.15) is 0 Å². The van der Waals surface area contributed by atoms with Crippen LogP contribution in [0.4, 0.5) is 0 Å². The number of carbonyl (C=O) groups is 3. The van der Waals surface area contributed by atoms with E-state index in [1.807, 2.05) is 13.0 Å². The van der Waals surface area contributed by atoms with Gasteiger partial charge in [-0.15, -0.1) is 0 Å². The fourth-order valence-electron chi connectivity index (χ4n) is 3.35. The van der Waals surface area contributed by atoms with Crippen molar-refractivity contribution in [3.63, 3.8) is 0 Å². The Hall–Kier alpha value is -1.46. The molecule has 0 fully saturated rings. The van der Waals surface area contributed by atoms with Crippen LogP contribution in [-0.4, -0.2) is 64.5 Å². The van der Waals surface area contributed by atoms with E-state index in [1.54, 1.807) is 6.08 Å². The van der Waals surface area contributed by atoms with Crippen LogP contribution < -0.4 is 5.32 Å². The summed E-state index contributed by atoms with van der Waals surface area (Å²) in [4.78, 5) is 38.5. The second-order valence-electron chi connectivity index (χ2n) is 11.9. The van der Waals surface area contributed by atoms with Gasteiger partial charge in [-0.05, 0) is 37.8 Å². The highest BCUT2D eigenvalue weighted by Crippen LogP contribution is 2.32. The second-order valence-corrected chi connectivity index (χ2v) is 23.1. The van der Waals surface area contributed by atoms with E-state index in [-0.39, 0.29) is 18.9 Å². The molecule has 0 heterocycles. The van der Waals surface area contributed by atoms with Crippen molar-refractivity contribution in [2.45, 2.75) is 103 Å². The quantitative estimate of drug-likeness (QED) is 0.252. The zero-order chi connectivity index (χ0) is 25.3. The third kappa shape index (κ3) is 12.5. The Morgan fingerprint density at radius 2 is 1.61 bits per heavy atom. The molecule has 33 heavy (non-hydrogen) atoms. The van der Waals surface area contributed by atoms with Crippen molar-refractivity contribution in [1.29, 1.82) is 0 Å². The third-order valence-corrected chi connectivity index (χ3v) is 9.34. The number of carbonyl (C=O) groups excluding carboxylic acids is 3. The Morgan fingerprint density at radius 3 is 2.18 bits per heavy atom. The first kappa shape index (κ1) is 29.6. The van der Waals surface area contributed by atoms with E-state index in [0.29, 0.717) is 32.3 Å². The summed E-state index contributed by atoms with van der Waals surface area (Å²) in [6, 6.07) is 0.563. The van der Waals surface area contributed by atoms with E-state index in [4.69, 9.17) is 9.47 Å². The van der Waals surface area contributed by atoms with Gasteiger partial charge < -0.3 is 19.9 Å². The van der Waals surface area contributed by atoms with E-state index in [0.717, 1.165) is 12.1 Å². The van der Waals surface area contributed by atoms with Gasteiger partial charge in [-0.1, -0.05) is 58.4 Å². The van der Waals surface area contributed by atoms with Gasteiger partial charge in [0, 0.05) is 21.6 Å². The molecule has 7 nitrogen and oxygen atoms in total. The first-order chi connectivity index (χ1) is 15.1. The van der Waals surface area contributed by atoms with Gasteiger partial charge >= 0.3 is 11.9 Å².